The van der Waals surface area contributed by atoms with Crippen molar-refractivity contribution in [3.05, 3.63) is 108 Å². The maximum absolute atomic E-state index is 13.7. The summed E-state index contributed by atoms with van der Waals surface area (Å²) in [4.78, 5) is 59.2. The zero-order chi connectivity index (χ0) is 35.4. The number of amides is 3. The number of nitrogens with zero attached hydrogens (tertiary/aromatic N) is 3. The average Bonchev–Trinajstić information content (AvgIpc) is 3.11. The maximum atomic E-state index is 13.7. The van der Waals surface area contributed by atoms with E-state index in [1.807, 2.05) is 112 Å². The number of guanidine groups is 1. The minimum absolute atomic E-state index is 0.0509. The summed E-state index contributed by atoms with van der Waals surface area (Å²) in [6, 6.07) is 26.5. The first kappa shape index (κ1) is 38.3. The van der Waals surface area contributed by atoms with E-state index in [2.05, 4.69) is 10.3 Å². The maximum Gasteiger partial charge on any atom is 0.410 e. The molecule has 0 radical (unpaired) electrons. The molecule has 0 aliphatic heterocycles. The number of carbonyl (C=O) groups excluding carboxylic acids is 4. The van der Waals surface area contributed by atoms with Crippen molar-refractivity contribution in [2.24, 2.45) is 16.6 Å². The number of hydrogen-bond acceptors (Lipinski definition) is 7. The van der Waals surface area contributed by atoms with E-state index >= 15 is 0 Å². The summed E-state index contributed by atoms with van der Waals surface area (Å²) in [5, 5.41) is 2.66. The Morgan fingerprint density at radius 1 is 0.816 bits per heavy atom. The molecule has 3 amide bonds. The lowest BCUT2D eigenvalue weighted by molar-refractivity contribution is -0.124. The van der Waals surface area contributed by atoms with Gasteiger partial charge in [-0.1, -0.05) is 112 Å². The van der Waals surface area contributed by atoms with E-state index in [9.17, 15) is 19.2 Å². The van der Waals surface area contributed by atoms with Crippen LogP contribution in [0.3, 0.4) is 0 Å². The Balaban J connectivity index is 1.64. The first-order valence-electron chi connectivity index (χ1n) is 16.8. The summed E-state index contributed by atoms with van der Waals surface area (Å²) in [5.41, 5.74) is 8.69. The lowest BCUT2D eigenvalue weighted by Crippen LogP contribution is -2.54. The highest BCUT2D eigenvalue weighted by Crippen LogP contribution is 2.16. The molecule has 3 rings (SSSR count). The van der Waals surface area contributed by atoms with Gasteiger partial charge in [0.1, 0.15) is 25.5 Å². The third-order valence-corrected chi connectivity index (χ3v) is 7.61. The van der Waals surface area contributed by atoms with Crippen molar-refractivity contribution in [3.8, 4) is 0 Å². The normalized spacial score (nSPS) is 12.4. The van der Waals surface area contributed by atoms with Crippen molar-refractivity contribution >= 4 is 30.3 Å². The minimum Gasteiger partial charge on any atom is -0.445 e. The van der Waals surface area contributed by atoms with Gasteiger partial charge in [-0.15, -0.1) is 0 Å². The summed E-state index contributed by atoms with van der Waals surface area (Å²) in [6.45, 7) is 6.87. The molecule has 2 atom stereocenters. The molecular weight excluding hydrogens is 622 g/mol. The number of ether oxygens (including phenoxy) is 2. The first-order chi connectivity index (χ1) is 23.7. The molecule has 262 valence electrons. The number of benzene rings is 3. The van der Waals surface area contributed by atoms with E-state index in [1.54, 1.807) is 0 Å². The van der Waals surface area contributed by atoms with Crippen molar-refractivity contribution in [1.82, 2.24) is 15.1 Å². The van der Waals surface area contributed by atoms with Crippen LogP contribution in [0.15, 0.2) is 96.0 Å². The van der Waals surface area contributed by atoms with E-state index in [1.165, 1.54) is 9.80 Å². The van der Waals surface area contributed by atoms with E-state index in [0.717, 1.165) is 23.0 Å². The second kappa shape index (κ2) is 20.9. The van der Waals surface area contributed by atoms with Gasteiger partial charge in [0.05, 0.1) is 6.04 Å². The Kier molecular flexibility index (Phi) is 16.3. The van der Waals surface area contributed by atoms with Crippen molar-refractivity contribution in [2.45, 2.75) is 71.8 Å². The first-order valence-corrected chi connectivity index (χ1v) is 16.8. The number of rotatable bonds is 18. The van der Waals surface area contributed by atoms with Gasteiger partial charge in [-0.25, -0.2) is 9.59 Å². The van der Waals surface area contributed by atoms with E-state index in [-0.39, 0.29) is 44.6 Å². The molecule has 49 heavy (non-hydrogen) atoms. The topological polar surface area (TPSA) is 144 Å². The van der Waals surface area contributed by atoms with Crippen LogP contribution in [0.5, 0.6) is 0 Å². The highest BCUT2D eigenvalue weighted by Gasteiger charge is 2.32. The fourth-order valence-electron chi connectivity index (χ4n) is 5.19. The van der Waals surface area contributed by atoms with E-state index in [4.69, 9.17) is 15.2 Å². The van der Waals surface area contributed by atoms with Crippen molar-refractivity contribution in [1.29, 1.82) is 0 Å². The molecule has 3 N–H and O–H groups in total. The molecule has 0 fully saturated rings. The molecular formula is C38H49N5O6. The SMILES string of the molecule is CCCN(C(=O)OCc1ccccc1)[C@H](C=O)CCCN=C(N)NC(=O)[C@@H](Cc1ccccc1)N(CC(C)C)C(=O)OCc1ccccc1. The predicted molar refractivity (Wildman–Crippen MR) is 189 cm³/mol. The molecule has 0 aromatic heterocycles. The third-order valence-electron chi connectivity index (χ3n) is 7.61. The fraction of sp³-hybridized carbons (Fsp3) is 0.395. The molecule has 3 aromatic rings. The Hall–Kier alpha value is -5.19. The Labute approximate surface area is 289 Å². The van der Waals surface area contributed by atoms with Gasteiger partial charge < -0.3 is 20.0 Å². The van der Waals surface area contributed by atoms with Crippen LogP contribution in [0.1, 0.15) is 56.7 Å². The van der Waals surface area contributed by atoms with Gasteiger partial charge in [0.25, 0.3) is 0 Å². The fourth-order valence-corrected chi connectivity index (χ4v) is 5.19. The molecule has 0 saturated carbocycles. The summed E-state index contributed by atoms with van der Waals surface area (Å²) in [6.07, 6.45) is 1.22. The van der Waals surface area contributed by atoms with Gasteiger partial charge in [0, 0.05) is 26.1 Å². The quantitative estimate of drug-likeness (QED) is 0.0762. The van der Waals surface area contributed by atoms with E-state index in [0.29, 0.717) is 25.8 Å². The molecule has 3 aromatic carbocycles. The molecule has 11 heteroatoms. The summed E-state index contributed by atoms with van der Waals surface area (Å²) in [5.74, 6) is -0.556. The number of nitrogens with one attached hydrogen (secondary N) is 1. The monoisotopic (exact) mass is 671 g/mol. The van der Waals surface area contributed by atoms with Crippen LogP contribution >= 0.6 is 0 Å². The molecule has 0 unspecified atom stereocenters. The molecule has 0 heterocycles. The van der Waals surface area contributed by atoms with Gasteiger partial charge in [0.2, 0.25) is 5.91 Å². The number of hydrogen-bond donors (Lipinski definition) is 2. The number of nitrogens with two attached hydrogens (primary N) is 1. The van der Waals surface area contributed by atoms with Crippen molar-refractivity contribution < 1.29 is 28.7 Å². The molecule has 11 nitrogen and oxygen atoms in total. The van der Waals surface area contributed by atoms with Crippen LogP contribution in [0.25, 0.3) is 0 Å². The Morgan fingerprint density at radius 2 is 1.33 bits per heavy atom. The van der Waals surface area contributed by atoms with Gasteiger partial charge >= 0.3 is 12.2 Å². The number of carbonyl (C=O) groups is 4. The van der Waals surface area contributed by atoms with Crippen LogP contribution < -0.4 is 11.1 Å². The van der Waals surface area contributed by atoms with Crippen LogP contribution in [0.2, 0.25) is 0 Å². The van der Waals surface area contributed by atoms with Gasteiger partial charge in [-0.2, -0.15) is 0 Å². The average molecular weight is 672 g/mol. The number of aliphatic imine (C=N–C) groups is 1. The van der Waals surface area contributed by atoms with Gasteiger partial charge in [-0.3, -0.25) is 24.9 Å². The molecule has 0 saturated heterocycles. The van der Waals surface area contributed by atoms with Crippen LogP contribution in [0.4, 0.5) is 9.59 Å². The lowest BCUT2D eigenvalue weighted by atomic mass is 10.0. The summed E-state index contributed by atoms with van der Waals surface area (Å²) < 4.78 is 11.1. The van der Waals surface area contributed by atoms with E-state index < -0.39 is 30.2 Å². The highest BCUT2D eigenvalue weighted by atomic mass is 16.6. The molecule has 0 spiro atoms. The number of aldehydes is 1. The summed E-state index contributed by atoms with van der Waals surface area (Å²) >= 11 is 0. The standard InChI is InChI=1S/C38H49N5O6/c1-4-23-42(37(46)48-27-31-17-10-6-11-18-31)33(26-44)21-14-22-40-36(39)41-35(45)34(24-30-15-8-5-9-16-30)43(25-29(2)3)38(47)49-28-32-19-12-7-13-20-32/h5-13,15-20,26,29,33-34H,4,14,21-25,27-28H2,1-3H3,(H3,39,40,41,45)/t33-,34+/m0/s1. The lowest BCUT2D eigenvalue weighted by Gasteiger charge is -2.31. The second-order valence-electron chi connectivity index (χ2n) is 12.1. The van der Waals surface area contributed by atoms with Crippen LogP contribution in [0, 0.1) is 5.92 Å². The zero-order valence-electron chi connectivity index (χ0n) is 28.7. The third kappa shape index (κ3) is 13.4. The predicted octanol–water partition coefficient (Wildman–Crippen LogP) is 5.72. The minimum atomic E-state index is -0.925. The zero-order valence-corrected chi connectivity index (χ0v) is 28.7. The smallest absolute Gasteiger partial charge is 0.410 e. The largest absolute Gasteiger partial charge is 0.445 e. The van der Waals surface area contributed by atoms with Crippen LogP contribution in [-0.4, -0.2) is 71.9 Å². The Bertz CT molecular complexity index is 1470. The Morgan fingerprint density at radius 3 is 1.82 bits per heavy atom. The van der Waals surface area contributed by atoms with Gasteiger partial charge in [0.15, 0.2) is 5.96 Å². The highest BCUT2D eigenvalue weighted by molar-refractivity contribution is 5.99. The van der Waals surface area contributed by atoms with Gasteiger partial charge in [-0.05, 0) is 41.9 Å². The summed E-state index contributed by atoms with van der Waals surface area (Å²) in [7, 11) is 0. The van der Waals surface area contributed by atoms with Crippen LogP contribution in [-0.2, 0) is 38.7 Å². The molecule has 0 aliphatic carbocycles. The van der Waals surface area contributed by atoms with Crippen molar-refractivity contribution in [3.63, 3.8) is 0 Å². The molecule has 0 aliphatic rings. The van der Waals surface area contributed by atoms with Crippen molar-refractivity contribution in [2.75, 3.05) is 19.6 Å². The molecule has 0 bridgehead atoms. The second-order valence-corrected chi connectivity index (χ2v) is 12.1.